The minimum Gasteiger partial charge on any atom is -0.326 e. The molecule has 1 heterocycles. The number of hydrogen-bond acceptors (Lipinski definition) is 3. The number of rotatable bonds is 4. The van der Waals surface area contributed by atoms with Gasteiger partial charge in [-0.1, -0.05) is 12.1 Å². The maximum absolute atomic E-state index is 12.5. The normalized spacial score (nSPS) is 19.9. The highest BCUT2D eigenvalue weighted by atomic mass is 32.2. The van der Waals surface area contributed by atoms with Gasteiger partial charge in [0, 0.05) is 18.8 Å². The van der Waals surface area contributed by atoms with Gasteiger partial charge in [0.2, 0.25) is 15.9 Å². The molecule has 0 unspecified atom stereocenters. The molecule has 0 aromatic heterocycles. The van der Waals surface area contributed by atoms with E-state index < -0.39 is 10.0 Å². The molecule has 1 aliphatic heterocycles. The van der Waals surface area contributed by atoms with Crippen LogP contribution in [0.3, 0.4) is 0 Å². The molecule has 0 spiro atoms. The van der Waals surface area contributed by atoms with Crippen LogP contribution in [0.4, 0.5) is 5.69 Å². The standard InChI is InChI=1S/C16H24N2O3S/c1-4-22(20,21)18-9-5-6-14(11-18)16(19)17-15-10-12(2)7-8-13(15)3/h7-8,10,14H,4-6,9,11H2,1-3H3,(H,17,19)/t14-/m0/s1. The monoisotopic (exact) mass is 324 g/mol. The third kappa shape index (κ3) is 3.87. The molecule has 6 heteroatoms. The average Bonchev–Trinajstić information content (AvgIpc) is 2.51. The van der Waals surface area contributed by atoms with Crippen LogP contribution in [-0.2, 0) is 14.8 Å². The number of hydrogen-bond donors (Lipinski definition) is 1. The predicted molar refractivity (Wildman–Crippen MR) is 88.3 cm³/mol. The molecule has 1 aromatic rings. The van der Waals surface area contributed by atoms with Gasteiger partial charge < -0.3 is 5.32 Å². The SMILES string of the molecule is CCS(=O)(=O)N1CCC[C@H](C(=O)Nc2cc(C)ccc2C)C1. The summed E-state index contributed by atoms with van der Waals surface area (Å²) >= 11 is 0. The number of nitrogens with one attached hydrogen (secondary N) is 1. The van der Waals surface area contributed by atoms with Crippen LogP contribution in [-0.4, -0.2) is 37.5 Å². The van der Waals surface area contributed by atoms with E-state index in [4.69, 9.17) is 0 Å². The average molecular weight is 324 g/mol. The van der Waals surface area contributed by atoms with E-state index in [2.05, 4.69) is 5.32 Å². The topological polar surface area (TPSA) is 66.5 Å². The minimum absolute atomic E-state index is 0.0817. The van der Waals surface area contributed by atoms with E-state index in [0.29, 0.717) is 6.54 Å². The zero-order valence-electron chi connectivity index (χ0n) is 13.4. The number of nitrogens with zero attached hydrogens (tertiary/aromatic N) is 1. The fourth-order valence-electron chi connectivity index (χ4n) is 2.70. The first kappa shape index (κ1) is 17.0. The Hall–Kier alpha value is -1.40. The summed E-state index contributed by atoms with van der Waals surface area (Å²) in [5.41, 5.74) is 2.90. The number of carbonyl (C=O) groups is 1. The molecule has 2 rings (SSSR count). The summed E-state index contributed by atoms with van der Waals surface area (Å²) in [4.78, 5) is 12.5. The van der Waals surface area contributed by atoms with Crippen molar-refractivity contribution in [2.45, 2.75) is 33.6 Å². The van der Waals surface area contributed by atoms with Gasteiger partial charge in [-0.3, -0.25) is 4.79 Å². The Morgan fingerprint density at radius 3 is 2.77 bits per heavy atom. The number of anilines is 1. The highest BCUT2D eigenvalue weighted by molar-refractivity contribution is 7.89. The lowest BCUT2D eigenvalue weighted by atomic mass is 9.98. The van der Waals surface area contributed by atoms with Crippen LogP contribution in [0.1, 0.15) is 30.9 Å². The van der Waals surface area contributed by atoms with Gasteiger partial charge in [0.05, 0.1) is 11.7 Å². The second-order valence-electron chi connectivity index (χ2n) is 5.91. The molecule has 1 aliphatic rings. The third-order valence-corrected chi connectivity index (χ3v) is 6.01. The second kappa shape index (κ2) is 6.79. The van der Waals surface area contributed by atoms with E-state index in [9.17, 15) is 13.2 Å². The first-order chi connectivity index (χ1) is 10.3. The van der Waals surface area contributed by atoms with E-state index in [1.54, 1.807) is 6.92 Å². The summed E-state index contributed by atoms with van der Waals surface area (Å²) in [5.74, 6) is -0.294. The van der Waals surface area contributed by atoms with Gasteiger partial charge in [-0.2, -0.15) is 0 Å². The van der Waals surface area contributed by atoms with E-state index in [0.717, 1.165) is 29.7 Å². The van der Waals surface area contributed by atoms with Gasteiger partial charge in [0.1, 0.15) is 0 Å². The zero-order chi connectivity index (χ0) is 16.3. The highest BCUT2D eigenvalue weighted by Gasteiger charge is 2.31. The van der Waals surface area contributed by atoms with Crippen molar-refractivity contribution in [2.75, 3.05) is 24.2 Å². The summed E-state index contributed by atoms with van der Waals surface area (Å²) in [5, 5.41) is 2.95. The number of aryl methyl sites for hydroxylation is 2. The molecule has 1 saturated heterocycles. The molecular formula is C16H24N2O3S. The summed E-state index contributed by atoms with van der Waals surface area (Å²) in [7, 11) is -3.22. The van der Waals surface area contributed by atoms with Crippen LogP contribution in [0.5, 0.6) is 0 Å². The predicted octanol–water partition coefficient (Wildman–Crippen LogP) is 2.30. The Morgan fingerprint density at radius 1 is 1.36 bits per heavy atom. The van der Waals surface area contributed by atoms with Crippen molar-refractivity contribution in [1.29, 1.82) is 0 Å². The van der Waals surface area contributed by atoms with Crippen LogP contribution < -0.4 is 5.32 Å². The fraction of sp³-hybridized carbons (Fsp3) is 0.562. The molecule has 122 valence electrons. The summed E-state index contributed by atoms with van der Waals surface area (Å²) in [6.45, 7) is 6.36. The van der Waals surface area contributed by atoms with Crippen LogP contribution in [0, 0.1) is 19.8 Å². The van der Waals surface area contributed by atoms with Gasteiger partial charge in [-0.05, 0) is 50.8 Å². The van der Waals surface area contributed by atoms with E-state index in [-0.39, 0.29) is 24.1 Å². The Labute approximate surface area is 132 Å². The van der Waals surface area contributed by atoms with Crippen molar-refractivity contribution in [1.82, 2.24) is 4.31 Å². The van der Waals surface area contributed by atoms with Crippen molar-refractivity contribution in [2.24, 2.45) is 5.92 Å². The lowest BCUT2D eigenvalue weighted by Crippen LogP contribution is -2.44. The number of benzene rings is 1. The molecule has 22 heavy (non-hydrogen) atoms. The van der Waals surface area contributed by atoms with Crippen molar-refractivity contribution >= 4 is 21.6 Å². The molecular weight excluding hydrogens is 300 g/mol. The zero-order valence-corrected chi connectivity index (χ0v) is 14.2. The molecule has 0 radical (unpaired) electrons. The summed E-state index contributed by atoms with van der Waals surface area (Å²) in [6.07, 6.45) is 1.45. The first-order valence-corrected chi connectivity index (χ1v) is 9.30. The lowest BCUT2D eigenvalue weighted by molar-refractivity contribution is -0.120. The Kier molecular flexibility index (Phi) is 5.24. The molecule has 1 atom stereocenters. The van der Waals surface area contributed by atoms with Gasteiger partial charge in [0.25, 0.3) is 0 Å². The summed E-state index contributed by atoms with van der Waals surface area (Å²) in [6, 6.07) is 5.91. The quantitative estimate of drug-likeness (QED) is 0.924. The molecule has 5 nitrogen and oxygen atoms in total. The van der Waals surface area contributed by atoms with Crippen molar-refractivity contribution in [3.8, 4) is 0 Å². The molecule has 1 amide bonds. The largest absolute Gasteiger partial charge is 0.326 e. The molecule has 1 aromatic carbocycles. The van der Waals surface area contributed by atoms with Crippen molar-refractivity contribution in [3.05, 3.63) is 29.3 Å². The molecule has 1 fully saturated rings. The second-order valence-corrected chi connectivity index (χ2v) is 8.16. The lowest BCUT2D eigenvalue weighted by Gasteiger charge is -2.31. The Morgan fingerprint density at radius 2 is 2.09 bits per heavy atom. The van der Waals surface area contributed by atoms with Crippen molar-refractivity contribution in [3.63, 3.8) is 0 Å². The van der Waals surface area contributed by atoms with Crippen LogP contribution in [0.2, 0.25) is 0 Å². The van der Waals surface area contributed by atoms with Gasteiger partial charge >= 0.3 is 0 Å². The highest BCUT2D eigenvalue weighted by Crippen LogP contribution is 2.23. The third-order valence-electron chi connectivity index (χ3n) is 4.16. The van der Waals surface area contributed by atoms with Crippen molar-refractivity contribution < 1.29 is 13.2 Å². The van der Waals surface area contributed by atoms with Crippen LogP contribution >= 0.6 is 0 Å². The van der Waals surface area contributed by atoms with E-state index >= 15 is 0 Å². The van der Waals surface area contributed by atoms with Crippen LogP contribution in [0.25, 0.3) is 0 Å². The van der Waals surface area contributed by atoms with Gasteiger partial charge in [-0.15, -0.1) is 0 Å². The maximum Gasteiger partial charge on any atom is 0.228 e. The van der Waals surface area contributed by atoms with Gasteiger partial charge in [0.15, 0.2) is 0 Å². The first-order valence-electron chi connectivity index (χ1n) is 7.69. The van der Waals surface area contributed by atoms with E-state index in [1.807, 2.05) is 32.0 Å². The number of amides is 1. The van der Waals surface area contributed by atoms with Gasteiger partial charge in [-0.25, -0.2) is 12.7 Å². The molecule has 0 bridgehead atoms. The number of carbonyl (C=O) groups excluding carboxylic acids is 1. The molecule has 0 aliphatic carbocycles. The molecule has 0 saturated carbocycles. The number of sulfonamides is 1. The smallest absolute Gasteiger partial charge is 0.228 e. The Bertz CT molecular complexity index is 655. The van der Waals surface area contributed by atoms with Crippen LogP contribution in [0.15, 0.2) is 18.2 Å². The maximum atomic E-state index is 12.5. The number of piperidine rings is 1. The minimum atomic E-state index is -3.22. The molecule has 1 N–H and O–H groups in total. The Balaban J connectivity index is 2.08. The fourth-order valence-corrected chi connectivity index (χ4v) is 3.88. The van der Waals surface area contributed by atoms with E-state index in [1.165, 1.54) is 4.31 Å². The summed E-state index contributed by atoms with van der Waals surface area (Å²) < 4.78 is 25.4.